The molecule has 0 unspecified atom stereocenters. The molecule has 0 aromatic carbocycles. The quantitative estimate of drug-likeness (QED) is 0.565. The summed E-state index contributed by atoms with van der Waals surface area (Å²) in [6, 6.07) is 3.53. The third-order valence-electron chi connectivity index (χ3n) is 2.17. The molecule has 1 aromatic rings. The van der Waals surface area contributed by atoms with Gasteiger partial charge in [-0.15, -0.1) is 0 Å². The van der Waals surface area contributed by atoms with Gasteiger partial charge in [0.15, 0.2) is 0 Å². The van der Waals surface area contributed by atoms with Crippen molar-refractivity contribution in [1.82, 2.24) is 4.98 Å². The van der Waals surface area contributed by atoms with Crippen molar-refractivity contribution < 1.29 is 9.53 Å². The molecular formula is C12H18N2O2. The lowest BCUT2D eigenvalue weighted by molar-refractivity contribution is 0.0499. The Morgan fingerprint density at radius 3 is 2.69 bits per heavy atom. The standard InChI is InChI=1S/C12H18N2O2/c1-4-5-8-16-12(15)10-6-7-11(13-9-10)14(2)3/h6-7,9H,4-5,8H2,1-3H3. The van der Waals surface area contributed by atoms with Crippen LogP contribution in [-0.4, -0.2) is 31.7 Å². The molecule has 4 nitrogen and oxygen atoms in total. The molecule has 16 heavy (non-hydrogen) atoms. The molecule has 88 valence electrons. The van der Waals surface area contributed by atoms with E-state index < -0.39 is 0 Å². The maximum atomic E-state index is 11.5. The molecule has 0 spiro atoms. The third-order valence-corrected chi connectivity index (χ3v) is 2.17. The smallest absolute Gasteiger partial charge is 0.339 e. The molecule has 0 aliphatic heterocycles. The van der Waals surface area contributed by atoms with E-state index in [9.17, 15) is 4.79 Å². The van der Waals surface area contributed by atoms with Crippen LogP contribution in [0.4, 0.5) is 5.82 Å². The SMILES string of the molecule is CCCCOC(=O)c1ccc(N(C)C)nc1. The molecule has 1 rings (SSSR count). The van der Waals surface area contributed by atoms with Crippen molar-refractivity contribution in [1.29, 1.82) is 0 Å². The van der Waals surface area contributed by atoms with Crippen LogP contribution in [0.3, 0.4) is 0 Å². The summed E-state index contributed by atoms with van der Waals surface area (Å²) >= 11 is 0. The van der Waals surface area contributed by atoms with Gasteiger partial charge in [0.2, 0.25) is 0 Å². The Hall–Kier alpha value is -1.58. The van der Waals surface area contributed by atoms with Gasteiger partial charge in [-0.05, 0) is 18.6 Å². The zero-order valence-electron chi connectivity index (χ0n) is 10.1. The van der Waals surface area contributed by atoms with Gasteiger partial charge in [-0.3, -0.25) is 0 Å². The molecule has 1 heterocycles. The number of nitrogens with zero attached hydrogens (tertiary/aromatic N) is 2. The lowest BCUT2D eigenvalue weighted by Gasteiger charge is -2.10. The second-order valence-electron chi connectivity index (χ2n) is 3.79. The van der Waals surface area contributed by atoms with Crippen LogP contribution in [0.15, 0.2) is 18.3 Å². The average Bonchev–Trinajstić information content (AvgIpc) is 2.29. The van der Waals surface area contributed by atoms with Crippen LogP contribution in [0.25, 0.3) is 0 Å². The van der Waals surface area contributed by atoms with Gasteiger partial charge in [0.25, 0.3) is 0 Å². The Morgan fingerprint density at radius 1 is 1.44 bits per heavy atom. The first-order chi connectivity index (χ1) is 7.65. The van der Waals surface area contributed by atoms with E-state index in [4.69, 9.17) is 4.74 Å². The molecule has 0 bridgehead atoms. The highest BCUT2D eigenvalue weighted by atomic mass is 16.5. The predicted octanol–water partition coefficient (Wildman–Crippen LogP) is 2.10. The number of carbonyl (C=O) groups is 1. The van der Waals surface area contributed by atoms with E-state index in [1.807, 2.05) is 19.0 Å². The number of carbonyl (C=O) groups excluding carboxylic acids is 1. The Bertz CT molecular complexity index is 333. The highest BCUT2D eigenvalue weighted by molar-refractivity contribution is 5.89. The summed E-state index contributed by atoms with van der Waals surface area (Å²) < 4.78 is 5.08. The summed E-state index contributed by atoms with van der Waals surface area (Å²) in [6.45, 7) is 2.53. The number of unbranched alkanes of at least 4 members (excludes halogenated alkanes) is 1. The number of hydrogen-bond donors (Lipinski definition) is 0. The first kappa shape index (κ1) is 12.5. The zero-order chi connectivity index (χ0) is 12.0. The van der Waals surface area contributed by atoms with Gasteiger partial charge in [0.05, 0.1) is 12.2 Å². The van der Waals surface area contributed by atoms with E-state index in [2.05, 4.69) is 11.9 Å². The Kier molecular flexibility index (Phi) is 4.76. The summed E-state index contributed by atoms with van der Waals surface area (Å²) in [6.07, 6.45) is 3.46. The molecule has 0 N–H and O–H groups in total. The van der Waals surface area contributed by atoms with Crippen LogP contribution >= 0.6 is 0 Å². The zero-order valence-corrected chi connectivity index (χ0v) is 10.1. The summed E-state index contributed by atoms with van der Waals surface area (Å²) in [7, 11) is 3.81. The number of esters is 1. The van der Waals surface area contributed by atoms with E-state index in [1.54, 1.807) is 18.3 Å². The fraction of sp³-hybridized carbons (Fsp3) is 0.500. The number of pyridine rings is 1. The van der Waals surface area contributed by atoms with Gasteiger partial charge in [0.1, 0.15) is 5.82 Å². The van der Waals surface area contributed by atoms with Crippen LogP contribution in [0.5, 0.6) is 0 Å². The van der Waals surface area contributed by atoms with Crippen molar-refractivity contribution in [3.63, 3.8) is 0 Å². The Labute approximate surface area is 96.2 Å². The lowest BCUT2D eigenvalue weighted by atomic mass is 10.3. The van der Waals surface area contributed by atoms with Crippen molar-refractivity contribution in [3.8, 4) is 0 Å². The molecule has 1 aromatic heterocycles. The van der Waals surface area contributed by atoms with E-state index in [0.29, 0.717) is 12.2 Å². The molecule has 0 atom stereocenters. The Morgan fingerprint density at radius 2 is 2.19 bits per heavy atom. The number of hydrogen-bond acceptors (Lipinski definition) is 4. The topological polar surface area (TPSA) is 42.4 Å². The first-order valence-electron chi connectivity index (χ1n) is 5.45. The average molecular weight is 222 g/mol. The number of rotatable bonds is 5. The fourth-order valence-corrected chi connectivity index (χ4v) is 1.16. The fourth-order valence-electron chi connectivity index (χ4n) is 1.16. The number of ether oxygens (including phenoxy) is 1. The second kappa shape index (κ2) is 6.10. The van der Waals surface area contributed by atoms with Crippen molar-refractivity contribution in [3.05, 3.63) is 23.9 Å². The van der Waals surface area contributed by atoms with E-state index in [0.717, 1.165) is 18.7 Å². The van der Waals surface area contributed by atoms with Gasteiger partial charge >= 0.3 is 5.97 Å². The largest absolute Gasteiger partial charge is 0.462 e. The van der Waals surface area contributed by atoms with E-state index in [-0.39, 0.29) is 5.97 Å². The summed E-state index contributed by atoms with van der Waals surface area (Å²) in [5.74, 6) is 0.524. The van der Waals surface area contributed by atoms with Crippen LogP contribution < -0.4 is 4.90 Å². The monoisotopic (exact) mass is 222 g/mol. The van der Waals surface area contributed by atoms with Crippen LogP contribution in [-0.2, 0) is 4.74 Å². The van der Waals surface area contributed by atoms with Gasteiger partial charge in [-0.25, -0.2) is 9.78 Å². The molecule has 0 radical (unpaired) electrons. The minimum Gasteiger partial charge on any atom is -0.462 e. The van der Waals surface area contributed by atoms with Crippen LogP contribution in [0, 0.1) is 0 Å². The third kappa shape index (κ3) is 3.53. The minimum absolute atomic E-state index is 0.300. The van der Waals surface area contributed by atoms with Crippen LogP contribution in [0.2, 0.25) is 0 Å². The van der Waals surface area contributed by atoms with Crippen molar-refractivity contribution in [2.75, 3.05) is 25.6 Å². The lowest BCUT2D eigenvalue weighted by Crippen LogP contribution is -2.12. The summed E-state index contributed by atoms with van der Waals surface area (Å²) in [4.78, 5) is 17.6. The highest BCUT2D eigenvalue weighted by Crippen LogP contribution is 2.08. The summed E-state index contributed by atoms with van der Waals surface area (Å²) in [5.41, 5.74) is 0.502. The molecule has 0 saturated heterocycles. The molecule has 0 saturated carbocycles. The predicted molar refractivity (Wildman–Crippen MR) is 63.8 cm³/mol. The van der Waals surface area contributed by atoms with Crippen molar-refractivity contribution >= 4 is 11.8 Å². The van der Waals surface area contributed by atoms with E-state index >= 15 is 0 Å². The van der Waals surface area contributed by atoms with Gasteiger partial charge in [-0.2, -0.15) is 0 Å². The maximum Gasteiger partial charge on any atom is 0.339 e. The van der Waals surface area contributed by atoms with Gasteiger partial charge < -0.3 is 9.64 Å². The summed E-state index contributed by atoms with van der Waals surface area (Å²) in [5, 5.41) is 0. The maximum absolute atomic E-state index is 11.5. The molecular weight excluding hydrogens is 204 g/mol. The molecule has 0 aliphatic rings. The minimum atomic E-state index is -0.300. The molecule has 0 amide bonds. The van der Waals surface area contributed by atoms with Gasteiger partial charge in [-0.1, -0.05) is 13.3 Å². The molecule has 0 aliphatic carbocycles. The normalized spacial score (nSPS) is 9.94. The molecule has 4 heteroatoms. The van der Waals surface area contributed by atoms with E-state index in [1.165, 1.54) is 0 Å². The van der Waals surface area contributed by atoms with Gasteiger partial charge in [0, 0.05) is 20.3 Å². The second-order valence-corrected chi connectivity index (χ2v) is 3.79. The van der Waals surface area contributed by atoms with Crippen molar-refractivity contribution in [2.45, 2.75) is 19.8 Å². The van der Waals surface area contributed by atoms with Crippen LogP contribution in [0.1, 0.15) is 30.1 Å². The van der Waals surface area contributed by atoms with Crippen molar-refractivity contribution in [2.24, 2.45) is 0 Å². The first-order valence-corrected chi connectivity index (χ1v) is 5.45. The number of aromatic nitrogens is 1. The molecule has 0 fully saturated rings. The highest BCUT2D eigenvalue weighted by Gasteiger charge is 2.07. The Balaban J connectivity index is 2.56. The number of anilines is 1.